The smallest absolute Gasteiger partial charge is 0.195 e. The molecule has 0 radical (unpaired) electrons. The quantitative estimate of drug-likeness (QED) is 0.0456. The summed E-state index contributed by atoms with van der Waals surface area (Å²) in [6.07, 6.45) is 10.9. The molecule has 0 heterocycles. The predicted octanol–water partition coefficient (Wildman–Crippen LogP) is 31.5. The molecular formula is C102H76F16. The summed E-state index contributed by atoms with van der Waals surface area (Å²) in [5, 5.41) is 0.525. The molecule has 16 aromatic carbocycles. The summed E-state index contributed by atoms with van der Waals surface area (Å²) in [5.74, 6) is -17.8. The van der Waals surface area contributed by atoms with Gasteiger partial charge >= 0.3 is 0 Å². The van der Waals surface area contributed by atoms with Crippen molar-refractivity contribution >= 4 is 43.1 Å². The van der Waals surface area contributed by atoms with Crippen LogP contribution in [0.2, 0.25) is 0 Å². The van der Waals surface area contributed by atoms with Gasteiger partial charge in [-0.15, -0.1) is 0 Å². The first-order valence-electron chi connectivity index (χ1n) is 38.8. The van der Waals surface area contributed by atoms with Crippen LogP contribution in [-0.2, 0) is 25.7 Å². The largest absolute Gasteiger partial charge is 0.206 e. The average Bonchev–Trinajstić information content (AvgIpc) is 0.789. The fourth-order valence-electron chi connectivity index (χ4n) is 14.4. The summed E-state index contributed by atoms with van der Waals surface area (Å²) < 4.78 is 223. The molecule has 0 unspecified atom stereocenters. The summed E-state index contributed by atoms with van der Waals surface area (Å²) in [5.41, 5.74) is 14.7. The van der Waals surface area contributed by atoms with Crippen LogP contribution in [0, 0.1) is 93.1 Å². The van der Waals surface area contributed by atoms with Gasteiger partial charge in [-0.2, -0.15) is 0 Å². The van der Waals surface area contributed by atoms with Gasteiger partial charge in [0.1, 0.15) is 23.3 Å². The lowest BCUT2D eigenvalue weighted by atomic mass is 9.96. The minimum atomic E-state index is -1.51. The maximum absolute atomic E-state index is 14.9. The predicted molar refractivity (Wildman–Crippen MR) is 444 cm³/mol. The van der Waals surface area contributed by atoms with Gasteiger partial charge in [-0.25, -0.2) is 70.2 Å². The maximum atomic E-state index is 14.9. The molecule has 118 heavy (non-hydrogen) atoms. The van der Waals surface area contributed by atoms with E-state index < -0.39 is 93.1 Å². The molecule has 0 aliphatic rings. The van der Waals surface area contributed by atoms with Gasteiger partial charge in [-0.1, -0.05) is 248 Å². The van der Waals surface area contributed by atoms with Crippen LogP contribution < -0.4 is 0 Å². The Hall–Kier alpha value is -12.6. The average molecular weight is 1610 g/mol. The third-order valence-electron chi connectivity index (χ3n) is 21.0. The first kappa shape index (κ1) is 83.4. The molecule has 0 amide bonds. The highest BCUT2D eigenvalue weighted by Gasteiger charge is 2.22. The van der Waals surface area contributed by atoms with Gasteiger partial charge in [-0.3, -0.25) is 0 Å². The second-order valence-corrected chi connectivity index (χ2v) is 28.9. The molecule has 0 bridgehead atoms. The molecule has 0 fully saturated rings. The summed E-state index contributed by atoms with van der Waals surface area (Å²) in [7, 11) is 0. The van der Waals surface area contributed by atoms with Gasteiger partial charge in [0.05, 0.1) is 0 Å². The van der Waals surface area contributed by atoms with E-state index in [-0.39, 0.29) is 43.1 Å². The van der Waals surface area contributed by atoms with E-state index in [0.29, 0.717) is 44.5 Å². The van der Waals surface area contributed by atoms with Crippen molar-refractivity contribution < 1.29 is 70.2 Å². The molecule has 596 valence electrons. The molecule has 0 saturated heterocycles. The van der Waals surface area contributed by atoms with E-state index in [0.717, 1.165) is 120 Å². The fourth-order valence-corrected chi connectivity index (χ4v) is 14.4. The van der Waals surface area contributed by atoms with E-state index in [2.05, 4.69) is 52.0 Å². The van der Waals surface area contributed by atoms with Crippen LogP contribution in [0.1, 0.15) is 88.5 Å². The number of unbranched alkanes of at least 4 members (excludes halogenated alkanes) is 3. The Labute approximate surface area is 673 Å². The maximum Gasteiger partial charge on any atom is 0.195 e. The number of aryl methyl sites for hydroxylation is 4. The zero-order chi connectivity index (χ0) is 83.6. The highest BCUT2D eigenvalue weighted by atomic mass is 19.2. The third kappa shape index (κ3) is 18.6. The number of rotatable bonds is 18. The summed E-state index contributed by atoms with van der Waals surface area (Å²) in [4.78, 5) is 0. The number of halogens is 16. The van der Waals surface area contributed by atoms with Crippen molar-refractivity contribution in [2.75, 3.05) is 0 Å². The number of hydrogen-bond donors (Lipinski definition) is 0. The molecule has 0 N–H and O–H groups in total. The molecule has 0 aliphatic carbocycles. The van der Waals surface area contributed by atoms with Gasteiger partial charge in [0.15, 0.2) is 69.8 Å². The van der Waals surface area contributed by atoms with Gasteiger partial charge in [0, 0.05) is 43.8 Å². The molecule has 0 aromatic heterocycles. The number of benzene rings is 16. The van der Waals surface area contributed by atoms with Crippen molar-refractivity contribution in [3.63, 3.8) is 0 Å². The molecule has 16 rings (SSSR count). The first-order chi connectivity index (χ1) is 56.9. The molecule has 0 saturated carbocycles. The molecule has 16 aromatic rings. The third-order valence-corrected chi connectivity index (χ3v) is 21.0. The minimum Gasteiger partial charge on any atom is -0.206 e. The molecule has 0 nitrogen and oxygen atoms in total. The Bertz CT molecular complexity index is 6350. The van der Waals surface area contributed by atoms with Crippen LogP contribution in [0.4, 0.5) is 70.2 Å². The van der Waals surface area contributed by atoms with E-state index in [1.807, 2.05) is 91.0 Å². The second kappa shape index (κ2) is 37.1. The van der Waals surface area contributed by atoms with E-state index in [4.69, 9.17) is 0 Å². The molecule has 0 atom stereocenters. The first-order valence-corrected chi connectivity index (χ1v) is 38.8. The monoisotopic (exact) mass is 1600 g/mol. The standard InChI is InChI=1S/C27H22F4.C26H20F4.C25H18F4.C24H16F4/c1-2-3-4-5-17-6-8-18(9-7-17)19-10-12-22(24(28)15-19)20-11-13-23-21(14-20)16-25(29)27(31)26(23)30;1-2-3-4-16-5-7-17(8-6-16)18-9-11-21(23(27)14-18)19-10-12-22-20(13-19)15-24(28)26(30)25(22)29;1-2-3-15-4-6-16(7-5-15)17-8-10-20(22(26)13-17)18-9-11-21-19(12-18)14-23(27)25(29)24(21)28;1-2-14-3-5-15(6-4-14)16-7-9-19(21(25)12-16)17-8-10-20-18(11-17)13-22(26)24(28)23(20)27/h6-16H,2-5H2,1H3;5-15H,2-4H2,1H3;4-14H,2-3H2,1H3;3-13H,2H2,1H3. The van der Waals surface area contributed by atoms with Crippen molar-refractivity contribution in [2.45, 2.75) is 91.9 Å². The van der Waals surface area contributed by atoms with Crippen LogP contribution in [0.5, 0.6) is 0 Å². The molecule has 0 spiro atoms. The van der Waals surface area contributed by atoms with Gasteiger partial charge < -0.3 is 0 Å². The fraction of sp³-hybridized carbons (Fsp3) is 0.137. The minimum absolute atomic E-state index is 0.0429. The Kier molecular flexibility index (Phi) is 26.3. The molecule has 16 heteroatoms. The van der Waals surface area contributed by atoms with Crippen molar-refractivity contribution in [3.8, 4) is 89.0 Å². The molecule has 0 aliphatic heterocycles. The highest BCUT2D eigenvalue weighted by molar-refractivity contribution is 5.92. The number of fused-ring (bicyclic) bond motifs is 4. The van der Waals surface area contributed by atoms with E-state index >= 15 is 0 Å². The molecular weight excluding hydrogens is 1530 g/mol. The normalized spacial score (nSPS) is 11.2. The Balaban J connectivity index is 0.000000136. The van der Waals surface area contributed by atoms with Crippen LogP contribution in [0.3, 0.4) is 0 Å². The van der Waals surface area contributed by atoms with Gasteiger partial charge in [0.2, 0.25) is 0 Å². The Morgan fingerprint density at radius 2 is 0.398 bits per heavy atom. The van der Waals surface area contributed by atoms with Crippen molar-refractivity contribution in [1.29, 1.82) is 0 Å². The van der Waals surface area contributed by atoms with Crippen LogP contribution in [0.25, 0.3) is 132 Å². The van der Waals surface area contributed by atoms with Crippen LogP contribution >= 0.6 is 0 Å². The lowest BCUT2D eigenvalue weighted by Crippen LogP contribution is -1.93. The van der Waals surface area contributed by atoms with Crippen molar-refractivity contribution in [3.05, 3.63) is 382 Å². The van der Waals surface area contributed by atoms with E-state index in [1.165, 1.54) is 132 Å². The summed E-state index contributed by atoms with van der Waals surface area (Å²) in [6.45, 7) is 8.52. The van der Waals surface area contributed by atoms with Gasteiger partial charge in [-0.05, 0) is 222 Å². The van der Waals surface area contributed by atoms with Crippen molar-refractivity contribution in [2.24, 2.45) is 0 Å². The van der Waals surface area contributed by atoms with E-state index in [1.54, 1.807) is 30.3 Å². The highest BCUT2D eigenvalue weighted by Crippen LogP contribution is 2.39. The second-order valence-electron chi connectivity index (χ2n) is 28.9. The lowest BCUT2D eigenvalue weighted by molar-refractivity contribution is 0.453. The van der Waals surface area contributed by atoms with Crippen LogP contribution in [-0.4, -0.2) is 0 Å². The van der Waals surface area contributed by atoms with Gasteiger partial charge in [0.25, 0.3) is 0 Å². The Morgan fingerprint density at radius 1 is 0.169 bits per heavy atom. The zero-order valence-electron chi connectivity index (χ0n) is 64.5. The number of hydrogen-bond acceptors (Lipinski definition) is 0. The topological polar surface area (TPSA) is 0 Å². The SMILES string of the molecule is CCCCCc1ccc(-c2ccc(-c3ccc4c(F)c(F)c(F)cc4c3)c(F)c2)cc1.CCCCc1ccc(-c2ccc(-c3ccc4c(F)c(F)c(F)cc4c3)c(F)c2)cc1.CCCc1ccc(-c2ccc(-c3ccc4c(F)c(F)c(F)cc4c3)c(F)c2)cc1.CCc1ccc(-c2ccc(-c3ccc4c(F)c(F)c(F)cc4c3)c(F)c2)cc1. The van der Waals surface area contributed by atoms with Crippen molar-refractivity contribution in [1.82, 2.24) is 0 Å². The summed E-state index contributed by atoms with van der Waals surface area (Å²) >= 11 is 0. The summed E-state index contributed by atoms with van der Waals surface area (Å²) in [6, 6.07) is 72.6. The van der Waals surface area contributed by atoms with Crippen LogP contribution in [0.15, 0.2) is 267 Å². The zero-order valence-corrected chi connectivity index (χ0v) is 64.5. The van der Waals surface area contributed by atoms with E-state index in [9.17, 15) is 70.2 Å². The lowest BCUT2D eigenvalue weighted by Gasteiger charge is -2.10. The Morgan fingerprint density at radius 3 is 0.636 bits per heavy atom.